The van der Waals surface area contributed by atoms with Gasteiger partial charge in [-0.1, -0.05) is 17.7 Å². The molecule has 60 valence electrons. The van der Waals surface area contributed by atoms with Gasteiger partial charge in [0.25, 0.3) is 0 Å². The molecule has 0 saturated carbocycles. The maximum absolute atomic E-state index is 10.4. The first-order chi connectivity index (χ1) is 5.18. The van der Waals surface area contributed by atoms with Gasteiger partial charge >= 0.3 is 0 Å². The van der Waals surface area contributed by atoms with Crippen molar-refractivity contribution in [3.05, 3.63) is 29.8 Å². The topological polar surface area (TPSA) is 26.3 Å². The molecule has 0 saturated heterocycles. The minimum Gasteiger partial charge on any atom is -0.403 e. The van der Waals surface area contributed by atoms with Gasteiger partial charge in [0.05, 0.1) is 0 Å². The predicted molar refractivity (Wildman–Crippen MR) is 48.7 cm³/mol. The van der Waals surface area contributed by atoms with Crippen molar-refractivity contribution in [1.82, 2.24) is 0 Å². The first-order valence-corrected chi connectivity index (χ1v) is 5.26. The van der Waals surface area contributed by atoms with E-state index in [1.165, 1.54) is 0 Å². The van der Waals surface area contributed by atoms with Crippen molar-refractivity contribution in [2.75, 3.05) is 0 Å². The molecule has 0 fully saturated rings. The Bertz CT molecular complexity index is 293. The summed E-state index contributed by atoms with van der Waals surface area (Å²) in [6, 6.07) is 7.25. The molecule has 0 aliphatic carbocycles. The van der Waals surface area contributed by atoms with Gasteiger partial charge in [-0.05, 0) is 19.1 Å². The van der Waals surface area contributed by atoms with Gasteiger partial charge in [-0.25, -0.2) is 4.21 Å². The molecule has 11 heavy (non-hydrogen) atoms. The highest BCUT2D eigenvalue weighted by Gasteiger charge is 1.90. The second-order valence-corrected chi connectivity index (χ2v) is 3.65. The molecule has 1 unspecified atom stereocenters. The normalized spacial score (nSPS) is 12.5. The molecule has 1 atom stereocenters. The largest absolute Gasteiger partial charge is 0.403 e. The number of rotatable bonds is 2. The van der Waals surface area contributed by atoms with Crippen LogP contribution in [0.3, 0.4) is 0 Å². The third-order valence-corrected chi connectivity index (χ3v) is 1.78. The predicted octanol–water partition coefficient (Wildman–Crippen LogP) is 1.23. The smallest absolute Gasteiger partial charge is 0.174 e. The van der Waals surface area contributed by atoms with Gasteiger partial charge in [-0.3, -0.25) is 0 Å². The SMILES string of the molecule is Cc1ccc(O[SH](=O)=S)cc1. The Morgan fingerprint density at radius 3 is 2.36 bits per heavy atom. The Hall–Kier alpha value is -0.610. The lowest BCUT2D eigenvalue weighted by atomic mass is 10.2. The van der Waals surface area contributed by atoms with Crippen LogP contribution >= 0.6 is 0 Å². The van der Waals surface area contributed by atoms with Crippen molar-refractivity contribution >= 4 is 20.8 Å². The Morgan fingerprint density at radius 2 is 1.91 bits per heavy atom. The van der Waals surface area contributed by atoms with Crippen LogP contribution in [0, 0.1) is 6.92 Å². The van der Waals surface area contributed by atoms with E-state index in [-0.39, 0.29) is 0 Å². The summed E-state index contributed by atoms with van der Waals surface area (Å²) in [5.41, 5.74) is 1.14. The first kappa shape index (κ1) is 8.49. The molecule has 0 aliphatic heterocycles. The third-order valence-electron chi connectivity index (χ3n) is 1.20. The van der Waals surface area contributed by atoms with E-state index in [4.69, 9.17) is 4.18 Å². The maximum atomic E-state index is 10.4. The standard InChI is InChI=1S/C7H8O2S2/c1-6-2-4-7(5-3-6)9-11(8)10/h2-5,11H,1H3. The van der Waals surface area contributed by atoms with E-state index in [1.807, 2.05) is 19.1 Å². The van der Waals surface area contributed by atoms with Crippen LogP contribution < -0.4 is 4.18 Å². The molecule has 0 aliphatic rings. The van der Waals surface area contributed by atoms with Crippen LogP contribution in [0.1, 0.15) is 5.56 Å². The third kappa shape index (κ3) is 2.86. The van der Waals surface area contributed by atoms with Crippen LogP contribution in [-0.4, -0.2) is 4.21 Å². The van der Waals surface area contributed by atoms with Gasteiger partial charge in [-0.2, -0.15) is 0 Å². The molecular weight excluding hydrogens is 180 g/mol. The van der Waals surface area contributed by atoms with E-state index >= 15 is 0 Å². The minimum absolute atomic E-state index is 0.562. The van der Waals surface area contributed by atoms with Gasteiger partial charge in [0.1, 0.15) is 5.75 Å². The van der Waals surface area contributed by atoms with Crippen LogP contribution in [0.5, 0.6) is 5.75 Å². The Balaban J connectivity index is 2.82. The fraction of sp³-hybridized carbons (Fsp3) is 0.143. The van der Waals surface area contributed by atoms with E-state index in [0.29, 0.717) is 5.75 Å². The molecule has 0 N–H and O–H groups in total. The van der Waals surface area contributed by atoms with Crippen molar-refractivity contribution in [2.45, 2.75) is 6.92 Å². The lowest BCUT2D eigenvalue weighted by molar-refractivity contribution is 0.579. The van der Waals surface area contributed by atoms with Crippen molar-refractivity contribution in [3.63, 3.8) is 0 Å². The van der Waals surface area contributed by atoms with E-state index in [2.05, 4.69) is 11.2 Å². The summed E-state index contributed by atoms with van der Waals surface area (Å²) in [4.78, 5) is 0. The number of aryl methyl sites for hydroxylation is 1. The molecule has 0 aromatic heterocycles. The second-order valence-electron chi connectivity index (χ2n) is 2.13. The highest BCUT2D eigenvalue weighted by molar-refractivity contribution is 8.19. The number of hydrogen-bond donors (Lipinski definition) is 1. The van der Waals surface area contributed by atoms with Crippen LogP contribution in [-0.2, 0) is 20.8 Å². The van der Waals surface area contributed by atoms with E-state index < -0.39 is 9.64 Å². The van der Waals surface area contributed by atoms with E-state index in [1.54, 1.807) is 12.1 Å². The molecule has 1 aromatic carbocycles. The molecule has 2 nitrogen and oxygen atoms in total. The van der Waals surface area contributed by atoms with Gasteiger partial charge in [0.2, 0.25) is 0 Å². The van der Waals surface area contributed by atoms with Crippen molar-refractivity contribution in [2.24, 2.45) is 0 Å². The summed E-state index contributed by atoms with van der Waals surface area (Å²) in [5, 5.41) is 0. The van der Waals surface area contributed by atoms with Crippen LogP contribution in [0.2, 0.25) is 0 Å². The quantitative estimate of drug-likeness (QED) is 0.707. The summed E-state index contributed by atoms with van der Waals surface area (Å²) >= 11 is 4.38. The van der Waals surface area contributed by atoms with E-state index in [0.717, 1.165) is 5.56 Å². The summed E-state index contributed by atoms with van der Waals surface area (Å²) in [7, 11) is -1.95. The number of thiol groups is 1. The van der Waals surface area contributed by atoms with Crippen LogP contribution in [0.25, 0.3) is 0 Å². The molecule has 4 heteroatoms. The Kier molecular flexibility index (Phi) is 2.84. The molecule has 0 radical (unpaired) electrons. The fourth-order valence-corrected chi connectivity index (χ4v) is 1.24. The van der Waals surface area contributed by atoms with Crippen LogP contribution in [0.4, 0.5) is 0 Å². The maximum Gasteiger partial charge on any atom is 0.174 e. The second kappa shape index (κ2) is 3.69. The molecular formula is C7H8O2S2. The molecule has 0 amide bonds. The van der Waals surface area contributed by atoms with E-state index in [9.17, 15) is 4.21 Å². The summed E-state index contributed by atoms with van der Waals surface area (Å²) in [6.07, 6.45) is 0. The molecule has 0 spiro atoms. The fourth-order valence-electron chi connectivity index (χ4n) is 0.685. The zero-order chi connectivity index (χ0) is 8.27. The van der Waals surface area contributed by atoms with Gasteiger partial charge in [0, 0.05) is 11.2 Å². The minimum atomic E-state index is -1.95. The molecule has 0 bridgehead atoms. The number of hydrogen-bond acceptors (Lipinski definition) is 3. The molecule has 1 rings (SSSR count). The zero-order valence-electron chi connectivity index (χ0n) is 5.98. The highest BCUT2D eigenvalue weighted by atomic mass is 32.8. The summed E-state index contributed by atoms with van der Waals surface area (Å²) < 4.78 is 15.2. The lowest BCUT2D eigenvalue weighted by Gasteiger charge is -1.97. The van der Waals surface area contributed by atoms with Gasteiger partial charge in [-0.15, -0.1) is 0 Å². The number of benzene rings is 1. The highest BCUT2D eigenvalue weighted by Crippen LogP contribution is 2.10. The average molecular weight is 188 g/mol. The average Bonchev–Trinajstić information content (AvgIpc) is 1.93. The lowest BCUT2D eigenvalue weighted by Crippen LogP contribution is -1.87. The summed E-state index contributed by atoms with van der Waals surface area (Å²) in [5.74, 6) is 0.562. The van der Waals surface area contributed by atoms with Crippen molar-refractivity contribution in [1.29, 1.82) is 0 Å². The van der Waals surface area contributed by atoms with Gasteiger partial charge in [0.15, 0.2) is 9.64 Å². The van der Waals surface area contributed by atoms with Crippen molar-refractivity contribution < 1.29 is 8.39 Å². The summed E-state index contributed by atoms with van der Waals surface area (Å²) in [6.45, 7) is 1.97. The monoisotopic (exact) mass is 188 g/mol. The van der Waals surface area contributed by atoms with Crippen molar-refractivity contribution in [3.8, 4) is 5.75 Å². The Morgan fingerprint density at radius 1 is 1.36 bits per heavy atom. The zero-order valence-corrected chi connectivity index (χ0v) is 7.69. The van der Waals surface area contributed by atoms with Gasteiger partial charge < -0.3 is 4.18 Å². The first-order valence-electron chi connectivity index (χ1n) is 3.07. The molecule has 0 heterocycles. The molecule has 1 aromatic rings. The van der Waals surface area contributed by atoms with Crippen LogP contribution in [0.15, 0.2) is 24.3 Å². The Labute approximate surface area is 72.1 Å².